The van der Waals surface area contributed by atoms with Crippen LogP contribution in [-0.2, 0) is 30.3 Å². The zero-order chi connectivity index (χ0) is 32.0. The Balaban J connectivity index is 1.12. The predicted octanol–water partition coefficient (Wildman–Crippen LogP) is 5.38. The van der Waals surface area contributed by atoms with E-state index in [0.29, 0.717) is 22.9 Å². The van der Waals surface area contributed by atoms with Crippen molar-refractivity contribution in [3.8, 4) is 11.5 Å². The molecule has 1 amide bonds. The van der Waals surface area contributed by atoms with Crippen molar-refractivity contribution in [3.05, 3.63) is 72.3 Å². The van der Waals surface area contributed by atoms with Gasteiger partial charge in [-0.25, -0.2) is 16.8 Å². The van der Waals surface area contributed by atoms with Crippen molar-refractivity contribution < 1.29 is 31.1 Å². The zero-order valence-corrected chi connectivity index (χ0v) is 27.3. The fourth-order valence-corrected chi connectivity index (χ4v) is 9.91. The Kier molecular flexibility index (Phi) is 8.23. The molecular formula is C33H39N3O7S2. The van der Waals surface area contributed by atoms with Crippen LogP contribution in [-0.4, -0.2) is 49.8 Å². The normalized spacial score (nSPS) is 23.8. The first-order valence-corrected chi connectivity index (χ1v) is 18.4. The highest BCUT2D eigenvalue weighted by atomic mass is 32.2. The maximum Gasteiger partial charge on any atom is 0.262 e. The van der Waals surface area contributed by atoms with Gasteiger partial charge >= 0.3 is 0 Å². The molecule has 0 aliphatic heterocycles. The molecular weight excluding hydrogens is 615 g/mol. The van der Waals surface area contributed by atoms with Crippen LogP contribution in [0.1, 0.15) is 44.1 Å². The molecule has 4 saturated carbocycles. The molecule has 10 nitrogen and oxygen atoms in total. The minimum atomic E-state index is -3.97. The van der Waals surface area contributed by atoms with Crippen LogP contribution in [0.15, 0.2) is 71.6 Å². The number of rotatable bonds is 11. The van der Waals surface area contributed by atoms with Crippen molar-refractivity contribution in [1.82, 2.24) is 0 Å². The van der Waals surface area contributed by atoms with Gasteiger partial charge in [0.25, 0.3) is 10.0 Å². The number of benzene rings is 3. The van der Waals surface area contributed by atoms with Crippen LogP contribution in [0.5, 0.6) is 11.5 Å². The molecule has 3 aromatic carbocycles. The Hall–Kier alpha value is -3.77. The van der Waals surface area contributed by atoms with Crippen LogP contribution in [0, 0.1) is 17.8 Å². The predicted molar refractivity (Wildman–Crippen MR) is 174 cm³/mol. The summed E-state index contributed by atoms with van der Waals surface area (Å²) in [7, 11) is -4.82. The van der Waals surface area contributed by atoms with Gasteiger partial charge < -0.3 is 14.8 Å². The summed E-state index contributed by atoms with van der Waals surface area (Å²) in [6, 6.07) is 18.0. The first-order valence-electron chi connectivity index (χ1n) is 15.1. The third-order valence-corrected chi connectivity index (χ3v) is 12.1. The van der Waals surface area contributed by atoms with Gasteiger partial charge in [0.05, 0.1) is 36.7 Å². The van der Waals surface area contributed by atoms with Crippen LogP contribution >= 0.6 is 0 Å². The fourth-order valence-electron chi connectivity index (χ4n) is 7.98. The lowest BCUT2D eigenvalue weighted by molar-refractivity contribution is -0.114. The van der Waals surface area contributed by atoms with Crippen LogP contribution < -0.4 is 23.8 Å². The Bertz CT molecular complexity index is 1760. The van der Waals surface area contributed by atoms with Crippen molar-refractivity contribution in [1.29, 1.82) is 0 Å². The summed E-state index contributed by atoms with van der Waals surface area (Å²) in [6.45, 7) is -0.422. The Morgan fingerprint density at radius 2 is 1.44 bits per heavy atom. The van der Waals surface area contributed by atoms with E-state index in [2.05, 4.69) is 10.0 Å². The summed E-state index contributed by atoms with van der Waals surface area (Å²) in [5.41, 5.74) is 2.46. The number of sulfonamides is 2. The van der Waals surface area contributed by atoms with E-state index in [1.807, 2.05) is 24.3 Å². The Labute approximate surface area is 265 Å². The molecule has 4 fully saturated rings. The van der Waals surface area contributed by atoms with Crippen molar-refractivity contribution in [2.45, 2.75) is 48.8 Å². The van der Waals surface area contributed by atoms with Gasteiger partial charge in [-0.1, -0.05) is 12.1 Å². The van der Waals surface area contributed by atoms with Gasteiger partial charge in [0, 0.05) is 11.8 Å². The third kappa shape index (κ3) is 6.48. The second-order valence-electron chi connectivity index (χ2n) is 12.8. The first-order chi connectivity index (χ1) is 21.4. The molecule has 45 heavy (non-hydrogen) atoms. The van der Waals surface area contributed by atoms with E-state index in [9.17, 15) is 21.6 Å². The molecule has 4 aliphatic carbocycles. The molecule has 2 N–H and O–H groups in total. The highest BCUT2D eigenvalue weighted by molar-refractivity contribution is 7.92. The molecule has 7 rings (SSSR count). The zero-order valence-electron chi connectivity index (χ0n) is 25.7. The number of hydrogen-bond donors (Lipinski definition) is 2. The number of carbonyl (C=O) groups excluding carboxylic acids is 1. The smallest absolute Gasteiger partial charge is 0.262 e. The van der Waals surface area contributed by atoms with E-state index in [0.717, 1.165) is 28.3 Å². The van der Waals surface area contributed by atoms with Gasteiger partial charge in [-0.15, -0.1) is 0 Å². The molecule has 0 unspecified atom stereocenters. The molecule has 0 atom stereocenters. The SMILES string of the molecule is COc1ccc(NS(=O)(=O)c2ccc(NC(=O)CN(c3ccc(C45CC6CC(CC(C6)C4)C5)cc3)S(C)(=O)=O)cc2)c(OC)c1. The summed E-state index contributed by atoms with van der Waals surface area (Å²) < 4.78 is 65.6. The summed E-state index contributed by atoms with van der Waals surface area (Å²) in [5, 5.41) is 2.68. The van der Waals surface area contributed by atoms with Crippen LogP contribution in [0.4, 0.5) is 17.1 Å². The number of carbonyl (C=O) groups is 1. The summed E-state index contributed by atoms with van der Waals surface area (Å²) in [6.07, 6.45) is 8.76. The molecule has 0 heterocycles. The average molecular weight is 654 g/mol. The molecule has 0 aromatic heterocycles. The van der Waals surface area contributed by atoms with E-state index in [1.54, 1.807) is 12.1 Å². The summed E-state index contributed by atoms with van der Waals surface area (Å²) >= 11 is 0. The maximum absolute atomic E-state index is 13.0. The highest BCUT2D eigenvalue weighted by Gasteiger charge is 2.51. The minimum absolute atomic E-state index is 0.0322. The van der Waals surface area contributed by atoms with E-state index in [-0.39, 0.29) is 16.0 Å². The number of methoxy groups -OCH3 is 2. The topological polar surface area (TPSA) is 131 Å². The van der Waals surface area contributed by atoms with Gasteiger partial charge in [-0.05, 0) is 116 Å². The van der Waals surface area contributed by atoms with Crippen LogP contribution in [0.2, 0.25) is 0 Å². The van der Waals surface area contributed by atoms with Crippen LogP contribution in [0.3, 0.4) is 0 Å². The molecule has 4 bridgehead atoms. The monoisotopic (exact) mass is 653 g/mol. The van der Waals surface area contributed by atoms with E-state index in [1.165, 1.54) is 88.6 Å². The summed E-state index contributed by atoms with van der Waals surface area (Å²) in [4.78, 5) is 13.0. The van der Waals surface area contributed by atoms with Gasteiger partial charge in [0.1, 0.15) is 18.0 Å². The molecule has 12 heteroatoms. The lowest BCUT2D eigenvalue weighted by Gasteiger charge is -2.57. The molecule has 3 aromatic rings. The molecule has 240 valence electrons. The Morgan fingerprint density at radius 1 is 0.844 bits per heavy atom. The molecule has 0 radical (unpaired) electrons. The highest BCUT2D eigenvalue weighted by Crippen LogP contribution is 2.60. The van der Waals surface area contributed by atoms with Gasteiger partial charge in [0.2, 0.25) is 15.9 Å². The number of nitrogens with one attached hydrogen (secondary N) is 2. The van der Waals surface area contributed by atoms with Crippen molar-refractivity contribution >= 4 is 43.0 Å². The molecule has 0 spiro atoms. The van der Waals surface area contributed by atoms with Crippen molar-refractivity contribution in [2.75, 3.05) is 41.4 Å². The standard InChI is InChI=1S/C33H39N3O7S2/c1-42-28-10-13-30(31(17-28)43-2)35-45(40,41)29-11-6-26(7-12-29)34-32(37)21-36(44(3,38)39)27-8-4-25(5-9-27)33-18-22-14-23(19-33)16-24(15-22)20-33/h4-13,17,22-24,35H,14-16,18-21H2,1-3H3,(H,34,37). The van der Waals surface area contributed by atoms with Gasteiger partial charge in [0.15, 0.2) is 0 Å². The molecule has 0 saturated heterocycles. The number of nitrogens with zero attached hydrogens (tertiary/aromatic N) is 1. The number of anilines is 3. The first kappa shape index (κ1) is 31.2. The van der Waals surface area contributed by atoms with Crippen LogP contribution in [0.25, 0.3) is 0 Å². The fraction of sp³-hybridized carbons (Fsp3) is 0.424. The lowest BCUT2D eigenvalue weighted by atomic mass is 9.48. The minimum Gasteiger partial charge on any atom is -0.497 e. The van der Waals surface area contributed by atoms with E-state index < -0.39 is 32.5 Å². The van der Waals surface area contributed by atoms with Gasteiger partial charge in [-0.3, -0.25) is 13.8 Å². The van der Waals surface area contributed by atoms with Crippen molar-refractivity contribution in [3.63, 3.8) is 0 Å². The van der Waals surface area contributed by atoms with Crippen molar-refractivity contribution in [2.24, 2.45) is 17.8 Å². The number of hydrogen-bond acceptors (Lipinski definition) is 7. The molecule has 4 aliphatic rings. The van der Waals surface area contributed by atoms with E-state index >= 15 is 0 Å². The number of ether oxygens (including phenoxy) is 2. The Morgan fingerprint density at radius 3 is 1.98 bits per heavy atom. The van der Waals surface area contributed by atoms with E-state index in [4.69, 9.17) is 9.47 Å². The second kappa shape index (κ2) is 11.9. The average Bonchev–Trinajstić information content (AvgIpc) is 2.99. The summed E-state index contributed by atoms with van der Waals surface area (Å²) in [5.74, 6) is 2.65. The largest absolute Gasteiger partial charge is 0.497 e. The lowest BCUT2D eigenvalue weighted by Crippen LogP contribution is -2.48. The second-order valence-corrected chi connectivity index (χ2v) is 16.3. The quantitative estimate of drug-likeness (QED) is 0.284. The van der Waals surface area contributed by atoms with Gasteiger partial charge in [-0.2, -0.15) is 0 Å². The third-order valence-electron chi connectivity index (χ3n) is 9.59. The number of amides is 1. The maximum atomic E-state index is 13.0.